The topological polar surface area (TPSA) is 62.4 Å². The van der Waals surface area contributed by atoms with Gasteiger partial charge in [-0.1, -0.05) is 12.8 Å². The molecule has 1 heterocycles. The highest BCUT2D eigenvalue weighted by Gasteiger charge is 2.26. The number of pyridine rings is 1. The number of nitrogens with two attached hydrogens (primary N) is 1. The van der Waals surface area contributed by atoms with E-state index in [1.165, 1.54) is 6.42 Å². The monoisotopic (exact) mass is 235 g/mol. The van der Waals surface area contributed by atoms with Gasteiger partial charge >= 0.3 is 0 Å². The molecule has 0 amide bonds. The van der Waals surface area contributed by atoms with Crippen LogP contribution < -0.4 is 10.6 Å². The molecule has 0 bridgehead atoms. The van der Waals surface area contributed by atoms with Crippen molar-refractivity contribution in [2.75, 3.05) is 11.9 Å². The Hall–Kier alpha value is -1.13. The van der Waals surface area contributed by atoms with Gasteiger partial charge < -0.3 is 15.7 Å². The largest absolute Gasteiger partial charge is 0.391 e. The third kappa shape index (κ3) is 2.76. The summed E-state index contributed by atoms with van der Waals surface area (Å²) in [5.74, 6) is 0. The molecule has 1 aliphatic carbocycles. The third-order valence-electron chi connectivity index (χ3n) is 3.61. The van der Waals surface area contributed by atoms with Crippen LogP contribution in [-0.4, -0.2) is 29.3 Å². The Labute approximate surface area is 102 Å². The lowest BCUT2D eigenvalue weighted by Crippen LogP contribution is -2.43. The molecule has 2 rings (SSSR count). The van der Waals surface area contributed by atoms with Crippen molar-refractivity contribution in [3.63, 3.8) is 0 Å². The molecule has 0 aromatic carbocycles. The van der Waals surface area contributed by atoms with Crippen LogP contribution in [0, 0.1) is 0 Å². The van der Waals surface area contributed by atoms with Crippen LogP contribution in [-0.2, 0) is 6.54 Å². The second kappa shape index (κ2) is 5.47. The van der Waals surface area contributed by atoms with Crippen LogP contribution >= 0.6 is 0 Å². The van der Waals surface area contributed by atoms with Crippen LogP contribution in [0.2, 0.25) is 0 Å². The van der Waals surface area contributed by atoms with Gasteiger partial charge in [0, 0.05) is 25.5 Å². The second-order valence-corrected chi connectivity index (χ2v) is 4.74. The molecule has 1 aromatic heterocycles. The van der Waals surface area contributed by atoms with E-state index in [1.54, 1.807) is 6.20 Å². The van der Waals surface area contributed by atoms with E-state index < -0.39 is 0 Å². The van der Waals surface area contributed by atoms with Crippen LogP contribution in [0.25, 0.3) is 0 Å². The molecule has 1 fully saturated rings. The Kier molecular flexibility index (Phi) is 3.97. The van der Waals surface area contributed by atoms with Gasteiger partial charge in [0.05, 0.1) is 17.8 Å². The molecule has 1 aromatic rings. The fraction of sp³-hybridized carbons (Fsp3) is 0.615. The minimum atomic E-state index is -0.219. The number of hydrogen-bond acceptors (Lipinski definition) is 4. The molecule has 94 valence electrons. The predicted octanol–water partition coefficient (Wildman–Crippen LogP) is 1.28. The Balaban J connectivity index is 2.14. The van der Waals surface area contributed by atoms with Gasteiger partial charge in [-0.25, -0.2) is 0 Å². The summed E-state index contributed by atoms with van der Waals surface area (Å²) in [5.41, 5.74) is 7.57. The van der Waals surface area contributed by atoms with Crippen molar-refractivity contribution in [1.29, 1.82) is 0 Å². The minimum Gasteiger partial charge on any atom is -0.391 e. The quantitative estimate of drug-likeness (QED) is 0.828. The maximum absolute atomic E-state index is 10.0. The number of aliphatic hydroxyl groups is 1. The zero-order chi connectivity index (χ0) is 12.3. The zero-order valence-corrected chi connectivity index (χ0v) is 10.3. The normalized spacial score (nSPS) is 24.6. The van der Waals surface area contributed by atoms with Crippen LogP contribution in [0.3, 0.4) is 0 Å². The summed E-state index contributed by atoms with van der Waals surface area (Å²) in [7, 11) is 2.04. The van der Waals surface area contributed by atoms with Gasteiger partial charge in [0.15, 0.2) is 0 Å². The molecule has 1 aliphatic rings. The molecule has 17 heavy (non-hydrogen) atoms. The number of anilines is 1. The SMILES string of the molecule is CN(c1ccnc(CN)c1)C1CCCCC1O. The summed E-state index contributed by atoms with van der Waals surface area (Å²) in [6.45, 7) is 0.453. The van der Waals surface area contributed by atoms with Gasteiger partial charge in [0.1, 0.15) is 0 Å². The highest BCUT2D eigenvalue weighted by Crippen LogP contribution is 2.26. The summed E-state index contributed by atoms with van der Waals surface area (Å²) in [4.78, 5) is 6.35. The first-order valence-corrected chi connectivity index (χ1v) is 6.28. The highest BCUT2D eigenvalue weighted by atomic mass is 16.3. The summed E-state index contributed by atoms with van der Waals surface area (Å²) >= 11 is 0. The average molecular weight is 235 g/mol. The lowest BCUT2D eigenvalue weighted by Gasteiger charge is -2.36. The van der Waals surface area contributed by atoms with Gasteiger partial charge in [-0.2, -0.15) is 0 Å². The predicted molar refractivity (Wildman–Crippen MR) is 68.8 cm³/mol. The molecule has 4 nitrogen and oxygen atoms in total. The van der Waals surface area contributed by atoms with E-state index in [0.717, 1.165) is 30.6 Å². The standard InChI is InChI=1S/C13H21N3O/c1-16(12-4-2-3-5-13(12)17)11-6-7-15-10(8-11)9-14/h6-8,12-13,17H,2-5,9,14H2,1H3. The van der Waals surface area contributed by atoms with E-state index in [-0.39, 0.29) is 12.1 Å². The number of aromatic nitrogens is 1. The maximum atomic E-state index is 10.0. The molecule has 4 heteroatoms. The lowest BCUT2D eigenvalue weighted by molar-refractivity contribution is 0.106. The lowest BCUT2D eigenvalue weighted by atomic mass is 9.91. The van der Waals surface area contributed by atoms with Crippen LogP contribution in [0.5, 0.6) is 0 Å². The minimum absolute atomic E-state index is 0.219. The van der Waals surface area contributed by atoms with Crippen molar-refractivity contribution in [2.24, 2.45) is 5.73 Å². The van der Waals surface area contributed by atoms with Crippen molar-refractivity contribution < 1.29 is 5.11 Å². The van der Waals surface area contributed by atoms with Gasteiger partial charge in [-0.3, -0.25) is 4.98 Å². The van der Waals surface area contributed by atoms with Gasteiger partial charge in [0.2, 0.25) is 0 Å². The molecule has 0 spiro atoms. The second-order valence-electron chi connectivity index (χ2n) is 4.74. The molecule has 0 radical (unpaired) electrons. The van der Waals surface area contributed by atoms with E-state index in [2.05, 4.69) is 9.88 Å². The summed E-state index contributed by atoms with van der Waals surface area (Å²) in [6.07, 6.45) is 5.85. The average Bonchev–Trinajstić information content (AvgIpc) is 2.38. The number of rotatable bonds is 3. The highest BCUT2D eigenvalue weighted by molar-refractivity contribution is 5.47. The number of aliphatic hydroxyl groups excluding tert-OH is 1. The van der Waals surface area contributed by atoms with Crippen LogP contribution in [0.4, 0.5) is 5.69 Å². The Bertz CT molecular complexity index is 369. The Morgan fingerprint density at radius 2 is 2.24 bits per heavy atom. The first kappa shape index (κ1) is 12.3. The fourth-order valence-corrected chi connectivity index (χ4v) is 2.53. The molecule has 2 unspecified atom stereocenters. The fourth-order valence-electron chi connectivity index (χ4n) is 2.53. The van der Waals surface area contributed by atoms with Crippen LogP contribution in [0.15, 0.2) is 18.3 Å². The molecule has 2 atom stereocenters. The summed E-state index contributed by atoms with van der Waals surface area (Å²) in [5, 5.41) is 10.0. The van der Waals surface area contributed by atoms with E-state index in [9.17, 15) is 5.11 Å². The molecule has 0 saturated heterocycles. The molecule has 1 saturated carbocycles. The van der Waals surface area contributed by atoms with Crippen molar-refractivity contribution >= 4 is 5.69 Å². The van der Waals surface area contributed by atoms with Crippen LogP contribution in [0.1, 0.15) is 31.4 Å². The van der Waals surface area contributed by atoms with E-state index in [0.29, 0.717) is 6.54 Å². The Morgan fingerprint density at radius 3 is 2.94 bits per heavy atom. The molecule has 3 N–H and O–H groups in total. The van der Waals surface area contributed by atoms with Gasteiger partial charge in [0.25, 0.3) is 0 Å². The van der Waals surface area contributed by atoms with E-state index in [1.807, 2.05) is 19.2 Å². The molecular formula is C13H21N3O. The first-order chi connectivity index (χ1) is 8.22. The van der Waals surface area contributed by atoms with Crippen molar-refractivity contribution in [1.82, 2.24) is 4.98 Å². The number of nitrogens with zero attached hydrogens (tertiary/aromatic N) is 2. The maximum Gasteiger partial charge on any atom is 0.0743 e. The first-order valence-electron chi connectivity index (χ1n) is 6.28. The summed E-state index contributed by atoms with van der Waals surface area (Å²) < 4.78 is 0. The smallest absolute Gasteiger partial charge is 0.0743 e. The van der Waals surface area contributed by atoms with Crippen molar-refractivity contribution in [2.45, 2.75) is 44.4 Å². The molecule has 0 aliphatic heterocycles. The Morgan fingerprint density at radius 1 is 1.47 bits per heavy atom. The third-order valence-corrected chi connectivity index (χ3v) is 3.61. The molecular weight excluding hydrogens is 214 g/mol. The van der Waals surface area contributed by atoms with Crippen molar-refractivity contribution in [3.05, 3.63) is 24.0 Å². The number of likely N-dealkylation sites (N-methyl/N-ethyl adjacent to an activating group) is 1. The van der Waals surface area contributed by atoms with Crippen molar-refractivity contribution in [3.8, 4) is 0 Å². The summed E-state index contributed by atoms with van der Waals surface area (Å²) in [6, 6.07) is 4.19. The number of hydrogen-bond donors (Lipinski definition) is 2. The van der Waals surface area contributed by atoms with Gasteiger partial charge in [-0.15, -0.1) is 0 Å². The van der Waals surface area contributed by atoms with E-state index >= 15 is 0 Å². The van der Waals surface area contributed by atoms with E-state index in [4.69, 9.17) is 5.73 Å². The zero-order valence-electron chi connectivity index (χ0n) is 10.3. The van der Waals surface area contributed by atoms with Gasteiger partial charge in [-0.05, 0) is 25.0 Å².